The van der Waals surface area contributed by atoms with E-state index in [2.05, 4.69) is 28.3 Å². The fraction of sp³-hybridized carbons (Fsp3) is 0.364. The Labute approximate surface area is 165 Å². The Morgan fingerprint density at radius 1 is 1.04 bits per heavy atom. The van der Waals surface area contributed by atoms with Crippen LogP contribution in [0.3, 0.4) is 0 Å². The topological polar surface area (TPSA) is 73.5 Å². The standard InChI is InChI=1S/C22H26N4O2/c1-14-7-6-10-18(15(14)2)23-21(27)22(28)26-12-11-19-17(13-26)20(25-24-19)16-8-4-3-5-9-16/h3-10,17,19-20,24-25H,11-13H2,1-2H3,(H,23,27). The third-order valence-electron chi connectivity index (χ3n) is 6.00. The molecular formula is C22H26N4O2. The Bertz CT molecular complexity index is 883. The molecule has 2 aliphatic heterocycles. The maximum absolute atomic E-state index is 12.8. The number of piperidine rings is 1. The van der Waals surface area contributed by atoms with Crippen molar-refractivity contribution in [3.8, 4) is 0 Å². The largest absolute Gasteiger partial charge is 0.334 e. The SMILES string of the molecule is Cc1cccc(NC(=O)C(=O)N2CCC3NNC(c4ccccc4)C3C2)c1C. The molecule has 0 aliphatic carbocycles. The third-order valence-corrected chi connectivity index (χ3v) is 6.00. The molecule has 3 N–H and O–H groups in total. The molecule has 6 heteroatoms. The van der Waals surface area contributed by atoms with Gasteiger partial charge in [0.2, 0.25) is 0 Å². The van der Waals surface area contributed by atoms with E-state index in [9.17, 15) is 9.59 Å². The van der Waals surface area contributed by atoms with Crippen LogP contribution in [0, 0.1) is 19.8 Å². The molecule has 6 nitrogen and oxygen atoms in total. The fourth-order valence-electron chi connectivity index (χ4n) is 4.18. The molecule has 2 fully saturated rings. The van der Waals surface area contributed by atoms with E-state index in [4.69, 9.17) is 0 Å². The molecule has 2 saturated heterocycles. The molecule has 2 aromatic carbocycles. The van der Waals surface area contributed by atoms with Crippen LogP contribution < -0.4 is 16.2 Å². The predicted octanol–water partition coefficient (Wildman–Crippen LogP) is 2.31. The molecule has 2 heterocycles. The number of nitrogens with zero attached hydrogens (tertiary/aromatic N) is 1. The lowest BCUT2D eigenvalue weighted by atomic mass is 9.85. The summed E-state index contributed by atoms with van der Waals surface area (Å²) in [6, 6.07) is 16.4. The monoisotopic (exact) mass is 378 g/mol. The van der Waals surface area contributed by atoms with E-state index in [-0.39, 0.29) is 12.0 Å². The molecule has 28 heavy (non-hydrogen) atoms. The van der Waals surface area contributed by atoms with Crippen LogP contribution in [-0.2, 0) is 9.59 Å². The van der Waals surface area contributed by atoms with Gasteiger partial charge in [-0.1, -0.05) is 42.5 Å². The highest BCUT2D eigenvalue weighted by Gasteiger charge is 2.42. The smallest absolute Gasteiger partial charge is 0.313 e. The van der Waals surface area contributed by atoms with Gasteiger partial charge in [0, 0.05) is 30.7 Å². The Hall–Kier alpha value is -2.70. The summed E-state index contributed by atoms with van der Waals surface area (Å²) in [5, 5.41) is 2.79. The van der Waals surface area contributed by atoms with E-state index in [0.717, 1.165) is 17.5 Å². The van der Waals surface area contributed by atoms with Crippen molar-refractivity contribution in [3.05, 3.63) is 65.2 Å². The number of benzene rings is 2. The zero-order valence-electron chi connectivity index (χ0n) is 16.2. The summed E-state index contributed by atoms with van der Waals surface area (Å²) in [6.07, 6.45) is 0.823. The molecule has 146 valence electrons. The summed E-state index contributed by atoms with van der Waals surface area (Å²) in [5.41, 5.74) is 10.7. The predicted molar refractivity (Wildman–Crippen MR) is 108 cm³/mol. The number of fused-ring (bicyclic) bond motifs is 1. The van der Waals surface area contributed by atoms with Crippen molar-refractivity contribution in [1.82, 2.24) is 15.8 Å². The van der Waals surface area contributed by atoms with Crippen LogP contribution in [0.1, 0.15) is 29.2 Å². The molecular weight excluding hydrogens is 352 g/mol. The maximum Gasteiger partial charge on any atom is 0.313 e. The summed E-state index contributed by atoms with van der Waals surface area (Å²) >= 11 is 0. The molecule has 0 spiro atoms. The van der Waals surface area contributed by atoms with Crippen molar-refractivity contribution < 1.29 is 9.59 Å². The number of carbonyl (C=O) groups is 2. The van der Waals surface area contributed by atoms with E-state index in [1.54, 1.807) is 4.90 Å². The van der Waals surface area contributed by atoms with Gasteiger partial charge in [-0.15, -0.1) is 0 Å². The molecule has 2 aliphatic rings. The van der Waals surface area contributed by atoms with Crippen LogP contribution in [0.15, 0.2) is 48.5 Å². The van der Waals surface area contributed by atoms with Crippen molar-refractivity contribution in [3.63, 3.8) is 0 Å². The second kappa shape index (κ2) is 7.73. The number of likely N-dealkylation sites (tertiary alicyclic amines) is 1. The first kappa shape index (κ1) is 18.7. The van der Waals surface area contributed by atoms with Gasteiger partial charge in [-0.2, -0.15) is 0 Å². The van der Waals surface area contributed by atoms with Crippen LogP contribution in [0.5, 0.6) is 0 Å². The van der Waals surface area contributed by atoms with Crippen LogP contribution in [0.25, 0.3) is 0 Å². The van der Waals surface area contributed by atoms with Gasteiger partial charge in [-0.25, -0.2) is 5.43 Å². The van der Waals surface area contributed by atoms with Crippen LogP contribution in [0.2, 0.25) is 0 Å². The quantitative estimate of drug-likeness (QED) is 0.701. The van der Waals surface area contributed by atoms with Crippen LogP contribution in [0.4, 0.5) is 5.69 Å². The van der Waals surface area contributed by atoms with Gasteiger partial charge in [0.05, 0.1) is 6.04 Å². The highest BCUT2D eigenvalue weighted by molar-refractivity contribution is 6.39. The second-order valence-electron chi connectivity index (χ2n) is 7.69. The lowest BCUT2D eigenvalue weighted by molar-refractivity contribution is -0.144. The average Bonchev–Trinajstić information content (AvgIpc) is 3.14. The number of hydrogen-bond acceptors (Lipinski definition) is 4. The average molecular weight is 378 g/mol. The lowest BCUT2D eigenvalue weighted by Crippen LogP contribution is -2.50. The molecule has 3 unspecified atom stereocenters. The fourth-order valence-corrected chi connectivity index (χ4v) is 4.18. The van der Waals surface area contributed by atoms with Crippen molar-refractivity contribution >= 4 is 17.5 Å². The number of hydrazine groups is 1. The zero-order chi connectivity index (χ0) is 19.7. The number of anilines is 1. The van der Waals surface area contributed by atoms with Crippen molar-refractivity contribution in [2.45, 2.75) is 32.4 Å². The first-order chi connectivity index (χ1) is 13.5. The number of amides is 2. The van der Waals surface area contributed by atoms with E-state index in [1.807, 2.05) is 50.2 Å². The minimum atomic E-state index is -0.567. The molecule has 0 bridgehead atoms. The van der Waals surface area contributed by atoms with Crippen LogP contribution in [-0.4, -0.2) is 35.8 Å². The number of rotatable bonds is 2. The van der Waals surface area contributed by atoms with E-state index in [1.165, 1.54) is 5.56 Å². The van der Waals surface area contributed by atoms with Gasteiger partial charge in [-0.05, 0) is 43.0 Å². The second-order valence-corrected chi connectivity index (χ2v) is 7.69. The molecule has 0 saturated carbocycles. The zero-order valence-corrected chi connectivity index (χ0v) is 16.2. The van der Waals surface area contributed by atoms with Gasteiger partial charge in [-0.3, -0.25) is 15.0 Å². The summed E-state index contributed by atoms with van der Waals surface area (Å²) in [7, 11) is 0. The molecule has 3 atom stereocenters. The van der Waals surface area contributed by atoms with Gasteiger partial charge in [0.15, 0.2) is 0 Å². The minimum Gasteiger partial charge on any atom is -0.334 e. The minimum absolute atomic E-state index is 0.129. The van der Waals surface area contributed by atoms with Crippen LogP contribution >= 0.6 is 0 Å². The third kappa shape index (κ3) is 3.53. The van der Waals surface area contributed by atoms with Crippen molar-refractivity contribution in [2.75, 3.05) is 18.4 Å². The lowest BCUT2D eigenvalue weighted by Gasteiger charge is -2.35. The Kier molecular flexibility index (Phi) is 5.15. The van der Waals surface area contributed by atoms with Gasteiger partial charge < -0.3 is 10.2 Å². The van der Waals surface area contributed by atoms with Gasteiger partial charge in [0.1, 0.15) is 0 Å². The molecule has 2 amide bonds. The number of hydrogen-bond donors (Lipinski definition) is 3. The van der Waals surface area contributed by atoms with Crippen molar-refractivity contribution in [1.29, 1.82) is 0 Å². The van der Waals surface area contributed by atoms with Gasteiger partial charge in [0.25, 0.3) is 0 Å². The summed E-state index contributed by atoms with van der Waals surface area (Å²) in [4.78, 5) is 27.1. The summed E-state index contributed by atoms with van der Waals surface area (Å²) in [5.74, 6) is -0.797. The van der Waals surface area contributed by atoms with E-state index < -0.39 is 11.8 Å². The maximum atomic E-state index is 12.8. The normalized spacial score (nSPS) is 23.9. The highest BCUT2D eigenvalue weighted by atomic mass is 16.2. The van der Waals surface area contributed by atoms with E-state index >= 15 is 0 Å². The summed E-state index contributed by atoms with van der Waals surface area (Å²) in [6.45, 7) is 5.07. The highest BCUT2D eigenvalue weighted by Crippen LogP contribution is 2.33. The first-order valence-corrected chi connectivity index (χ1v) is 9.77. The first-order valence-electron chi connectivity index (χ1n) is 9.77. The molecule has 0 aromatic heterocycles. The Morgan fingerprint density at radius 3 is 2.61 bits per heavy atom. The molecule has 2 aromatic rings. The number of aryl methyl sites for hydroxylation is 1. The number of nitrogens with one attached hydrogen (secondary N) is 3. The number of carbonyl (C=O) groups excluding carboxylic acids is 2. The van der Waals surface area contributed by atoms with Gasteiger partial charge >= 0.3 is 11.8 Å². The Morgan fingerprint density at radius 2 is 1.82 bits per heavy atom. The Balaban J connectivity index is 1.45. The van der Waals surface area contributed by atoms with Crippen molar-refractivity contribution in [2.24, 2.45) is 5.92 Å². The molecule has 0 radical (unpaired) electrons. The molecule has 4 rings (SSSR count). The summed E-state index contributed by atoms with van der Waals surface area (Å²) < 4.78 is 0. The van der Waals surface area contributed by atoms with E-state index in [0.29, 0.717) is 24.8 Å².